The molecule has 10 nitrogen and oxygen atoms in total. The van der Waals surface area contributed by atoms with Gasteiger partial charge < -0.3 is 28.4 Å². The molecular weight excluding hydrogens is 506 g/mol. The van der Waals surface area contributed by atoms with E-state index in [0.29, 0.717) is 41.2 Å². The Labute approximate surface area is 227 Å². The molecule has 39 heavy (non-hydrogen) atoms. The van der Waals surface area contributed by atoms with Gasteiger partial charge in [-0.3, -0.25) is 9.69 Å². The molecule has 0 saturated carbocycles. The third-order valence-corrected chi connectivity index (χ3v) is 7.07. The summed E-state index contributed by atoms with van der Waals surface area (Å²) in [5, 5.41) is 0. The first-order valence-corrected chi connectivity index (χ1v) is 12.6. The van der Waals surface area contributed by atoms with Gasteiger partial charge in [0.15, 0.2) is 23.7 Å². The number of esters is 3. The number of benzene rings is 2. The summed E-state index contributed by atoms with van der Waals surface area (Å²) in [5.74, 6) is -0.122. The fraction of sp³-hybridized carbons (Fsp3) is 0.414. The van der Waals surface area contributed by atoms with Crippen molar-refractivity contribution >= 4 is 24.0 Å². The third-order valence-electron chi connectivity index (χ3n) is 7.07. The molecule has 4 rings (SSSR count). The van der Waals surface area contributed by atoms with Crippen molar-refractivity contribution in [1.29, 1.82) is 0 Å². The summed E-state index contributed by atoms with van der Waals surface area (Å²) < 4.78 is 33.3. The Morgan fingerprint density at radius 3 is 1.97 bits per heavy atom. The highest BCUT2D eigenvalue weighted by Gasteiger charge is 2.56. The summed E-state index contributed by atoms with van der Waals surface area (Å²) in [5.41, 5.74) is 1.07. The molecule has 2 fully saturated rings. The Bertz CT molecular complexity index is 1200. The molecule has 2 saturated heterocycles. The van der Waals surface area contributed by atoms with Gasteiger partial charge in [0.1, 0.15) is 6.10 Å². The van der Waals surface area contributed by atoms with Gasteiger partial charge in [0.2, 0.25) is 5.75 Å². The molecule has 2 aliphatic heterocycles. The number of carbonyl (C=O) groups excluding carboxylic acids is 3. The van der Waals surface area contributed by atoms with E-state index in [0.717, 1.165) is 0 Å². The van der Waals surface area contributed by atoms with Gasteiger partial charge in [0, 0.05) is 25.8 Å². The zero-order valence-corrected chi connectivity index (χ0v) is 22.6. The predicted octanol–water partition coefficient (Wildman–Crippen LogP) is 3.27. The maximum atomic E-state index is 12.8. The third kappa shape index (κ3) is 6.17. The van der Waals surface area contributed by atoms with Crippen LogP contribution in [-0.2, 0) is 23.8 Å². The van der Waals surface area contributed by atoms with Crippen LogP contribution in [0.4, 0.5) is 0 Å². The van der Waals surface area contributed by atoms with E-state index >= 15 is 0 Å². The van der Waals surface area contributed by atoms with Gasteiger partial charge in [-0.2, -0.15) is 0 Å². The second kappa shape index (κ2) is 12.2. The van der Waals surface area contributed by atoms with Crippen molar-refractivity contribution < 1.29 is 42.8 Å². The molecule has 2 aliphatic rings. The molecule has 2 heterocycles. The predicted molar refractivity (Wildman–Crippen MR) is 141 cm³/mol. The first kappa shape index (κ1) is 28.0. The van der Waals surface area contributed by atoms with Gasteiger partial charge in [-0.05, 0) is 43.0 Å². The minimum absolute atomic E-state index is 0.280. The van der Waals surface area contributed by atoms with Crippen molar-refractivity contribution in [2.75, 3.05) is 28.4 Å². The number of ether oxygens (including phenoxy) is 6. The van der Waals surface area contributed by atoms with E-state index in [2.05, 4.69) is 0 Å². The molecule has 0 spiro atoms. The van der Waals surface area contributed by atoms with Crippen LogP contribution in [0.3, 0.4) is 0 Å². The van der Waals surface area contributed by atoms with Crippen LogP contribution in [0.2, 0.25) is 0 Å². The van der Waals surface area contributed by atoms with Crippen molar-refractivity contribution in [2.24, 2.45) is 0 Å². The second-order valence-electron chi connectivity index (χ2n) is 9.43. The van der Waals surface area contributed by atoms with Gasteiger partial charge >= 0.3 is 17.9 Å². The average Bonchev–Trinajstić information content (AvgIpc) is 3.06. The van der Waals surface area contributed by atoms with E-state index in [1.165, 1.54) is 34.3 Å². The molecule has 208 valence electrons. The van der Waals surface area contributed by atoms with E-state index in [1.807, 2.05) is 18.0 Å². The molecule has 0 radical (unpaired) electrons. The smallest absolute Gasteiger partial charge is 0.338 e. The van der Waals surface area contributed by atoms with Gasteiger partial charge in [-0.15, -0.1) is 0 Å². The number of carbonyl (C=O) groups is 3. The summed E-state index contributed by atoms with van der Waals surface area (Å²) in [6.45, 7) is 1.32. The van der Waals surface area contributed by atoms with Gasteiger partial charge in [0.25, 0.3) is 0 Å². The van der Waals surface area contributed by atoms with Gasteiger partial charge in [-0.25, -0.2) is 9.59 Å². The van der Waals surface area contributed by atoms with Crippen LogP contribution in [0.15, 0.2) is 48.5 Å². The van der Waals surface area contributed by atoms with Crippen LogP contribution in [-0.4, -0.2) is 81.6 Å². The van der Waals surface area contributed by atoms with Crippen LogP contribution in [0.1, 0.15) is 35.7 Å². The first-order chi connectivity index (χ1) is 18.7. The Hall–Kier alpha value is -4.05. The van der Waals surface area contributed by atoms with Crippen LogP contribution in [0.5, 0.6) is 17.2 Å². The first-order valence-electron chi connectivity index (χ1n) is 12.6. The average molecular weight is 540 g/mol. The standard InChI is InChI=1S/C29H33NO9/c1-17(31)37-26-21-15-20(16-22(30(21)2)27(26)39-29(33)19-9-7-6-8-10-19)38-25(32)12-11-18-13-23(34-3)28(36-5)24(14-18)35-4/h6-14,20-22,26-27H,15-16H2,1-5H3/t20-,21-,22+,26-,27+/m1/s1. The van der Waals surface area contributed by atoms with Crippen molar-refractivity contribution in [3.8, 4) is 17.2 Å². The topological polar surface area (TPSA) is 110 Å². The molecule has 0 N–H and O–H groups in total. The van der Waals surface area contributed by atoms with Crippen LogP contribution in [0.25, 0.3) is 6.08 Å². The van der Waals surface area contributed by atoms with Crippen molar-refractivity contribution in [3.63, 3.8) is 0 Å². The SMILES string of the molecule is COc1cc(C=CC(=O)O[C@@H]2C[C@@H]3[C@@H](OC(C)=O)[C@@H](OC(=O)c4ccccc4)[C@H](C2)N3C)cc(OC)c1OC. The lowest BCUT2D eigenvalue weighted by atomic mass is 10.00. The minimum atomic E-state index is -0.699. The van der Waals surface area contributed by atoms with Crippen LogP contribution < -0.4 is 14.2 Å². The molecule has 2 bridgehead atoms. The number of hydrogen-bond acceptors (Lipinski definition) is 10. The monoisotopic (exact) mass is 539 g/mol. The molecule has 0 aromatic heterocycles. The highest BCUT2D eigenvalue weighted by molar-refractivity contribution is 5.89. The quantitative estimate of drug-likeness (QED) is 0.268. The van der Waals surface area contributed by atoms with Gasteiger partial charge in [-0.1, -0.05) is 18.2 Å². The molecule has 2 aromatic rings. The molecular formula is C29H33NO9. The maximum Gasteiger partial charge on any atom is 0.338 e. The Morgan fingerprint density at radius 1 is 0.846 bits per heavy atom. The zero-order valence-electron chi connectivity index (χ0n) is 22.6. The van der Waals surface area contributed by atoms with Crippen molar-refractivity contribution in [1.82, 2.24) is 4.90 Å². The fourth-order valence-electron chi connectivity index (χ4n) is 5.29. The summed E-state index contributed by atoms with van der Waals surface area (Å²) in [6, 6.07) is 11.5. The summed E-state index contributed by atoms with van der Waals surface area (Å²) in [6.07, 6.45) is 1.94. The number of fused-ring (bicyclic) bond motifs is 2. The molecule has 0 amide bonds. The number of methoxy groups -OCH3 is 3. The summed E-state index contributed by atoms with van der Waals surface area (Å²) >= 11 is 0. The van der Waals surface area contributed by atoms with Gasteiger partial charge in [0.05, 0.1) is 39.0 Å². The number of likely N-dealkylation sites (N-methyl/N-ethyl adjacent to an activating group) is 1. The minimum Gasteiger partial charge on any atom is -0.493 e. The lowest BCUT2D eigenvalue weighted by molar-refractivity contribution is -0.153. The number of piperidine rings is 1. The van der Waals surface area contributed by atoms with E-state index < -0.39 is 36.2 Å². The maximum absolute atomic E-state index is 12.8. The van der Waals surface area contributed by atoms with E-state index in [9.17, 15) is 14.4 Å². The highest BCUT2D eigenvalue weighted by atomic mass is 16.6. The van der Waals surface area contributed by atoms with Crippen molar-refractivity contribution in [2.45, 2.75) is 50.2 Å². The molecule has 5 atom stereocenters. The Kier molecular flexibility index (Phi) is 8.75. The van der Waals surface area contributed by atoms with E-state index in [-0.39, 0.29) is 12.1 Å². The molecule has 2 aromatic carbocycles. The summed E-state index contributed by atoms with van der Waals surface area (Å²) in [7, 11) is 6.44. The normalized spacial score (nSPS) is 24.2. The second-order valence-corrected chi connectivity index (χ2v) is 9.43. The van der Waals surface area contributed by atoms with E-state index in [1.54, 1.807) is 42.5 Å². The molecule has 0 aliphatic carbocycles. The lowest BCUT2D eigenvalue weighted by Gasteiger charge is -2.35. The highest BCUT2D eigenvalue weighted by Crippen LogP contribution is 2.40. The number of hydrogen-bond donors (Lipinski definition) is 0. The molecule has 10 heteroatoms. The van der Waals surface area contributed by atoms with Crippen LogP contribution >= 0.6 is 0 Å². The van der Waals surface area contributed by atoms with Crippen molar-refractivity contribution in [3.05, 3.63) is 59.7 Å². The largest absolute Gasteiger partial charge is 0.493 e. The fourth-order valence-corrected chi connectivity index (χ4v) is 5.29. The lowest BCUT2D eigenvalue weighted by Crippen LogP contribution is -2.46. The number of nitrogens with zero attached hydrogens (tertiary/aromatic N) is 1. The Balaban J connectivity index is 1.47. The Morgan fingerprint density at radius 2 is 1.44 bits per heavy atom. The van der Waals surface area contributed by atoms with Crippen LogP contribution in [0, 0.1) is 0 Å². The number of rotatable bonds is 9. The zero-order chi connectivity index (χ0) is 28.1. The molecule has 0 unspecified atom stereocenters. The summed E-state index contributed by atoms with van der Waals surface area (Å²) in [4.78, 5) is 39.5. The van der Waals surface area contributed by atoms with E-state index in [4.69, 9.17) is 28.4 Å².